The smallest absolute Gasteiger partial charge is 0.0960 e. The summed E-state index contributed by atoms with van der Waals surface area (Å²) in [7, 11) is 6.57. The summed E-state index contributed by atoms with van der Waals surface area (Å²) in [4.78, 5) is 0. The Morgan fingerprint density at radius 2 is 0.651 bits per heavy atom. The molecule has 0 spiro atoms. The van der Waals surface area contributed by atoms with Gasteiger partial charge in [-0.1, -0.05) is 145 Å². The van der Waals surface area contributed by atoms with Crippen LogP contribution in [0.15, 0.2) is 152 Å². The molecule has 9 rings (SSSR count). The van der Waals surface area contributed by atoms with Crippen LogP contribution in [0.25, 0.3) is 86.9 Å². The maximum absolute atomic E-state index is 6.57. The molecule has 0 bridgehead atoms. The predicted octanol–water partition coefficient (Wildman–Crippen LogP) is 10.7. The van der Waals surface area contributed by atoms with Crippen LogP contribution in [-0.4, -0.2) is 7.85 Å². The minimum atomic E-state index is 0.767. The quantitative estimate of drug-likeness (QED) is 0.116. The third-order valence-corrected chi connectivity index (χ3v) is 9.12. The third-order valence-electron chi connectivity index (χ3n) is 9.12. The lowest BCUT2D eigenvalue weighted by Crippen LogP contribution is -2.02. The number of fused-ring (bicyclic) bond motifs is 8. The highest BCUT2D eigenvalue weighted by molar-refractivity contribution is 6.35. The molecule has 9 aromatic carbocycles. The first-order valence-electron chi connectivity index (χ1n) is 14.8. The molecule has 0 saturated heterocycles. The summed E-state index contributed by atoms with van der Waals surface area (Å²) in [5.74, 6) is 0. The lowest BCUT2D eigenvalue weighted by atomic mass is 9.80. The molecule has 0 aliphatic carbocycles. The highest BCUT2D eigenvalue weighted by Crippen LogP contribution is 2.48. The highest BCUT2D eigenvalue weighted by atomic mass is 14.2. The van der Waals surface area contributed by atoms with Gasteiger partial charge in [-0.2, -0.15) is 0 Å². The van der Waals surface area contributed by atoms with Crippen LogP contribution in [0.3, 0.4) is 0 Å². The molecule has 0 N–H and O–H groups in total. The zero-order valence-electron chi connectivity index (χ0n) is 23.5. The van der Waals surface area contributed by atoms with Gasteiger partial charge in [0, 0.05) is 0 Å². The first-order chi connectivity index (χ1) is 21.3. The summed E-state index contributed by atoms with van der Waals surface area (Å²) < 4.78 is 0. The Morgan fingerprint density at radius 1 is 0.279 bits per heavy atom. The summed E-state index contributed by atoms with van der Waals surface area (Å²) in [6.07, 6.45) is 0. The molecule has 0 nitrogen and oxygen atoms in total. The molecular weight excluding hydrogens is 515 g/mol. The number of benzene rings is 9. The van der Waals surface area contributed by atoms with Crippen molar-refractivity contribution >= 4 is 77.9 Å². The fourth-order valence-corrected chi connectivity index (χ4v) is 7.30. The van der Waals surface area contributed by atoms with Gasteiger partial charge in [0.05, 0.1) is 0 Å². The monoisotopic (exact) mass is 540 g/mol. The van der Waals surface area contributed by atoms with Gasteiger partial charge in [0.1, 0.15) is 7.85 Å². The SMILES string of the molecule is [B]c1ccc2c(-c3cc4ccccc4c4ccccc34)c3ccccc3c(-c3cc4ccccc4c4ccccc34)c2c1. The van der Waals surface area contributed by atoms with Crippen molar-refractivity contribution in [2.24, 2.45) is 0 Å². The summed E-state index contributed by atoms with van der Waals surface area (Å²) in [6, 6.07) is 55.1. The Hall–Kier alpha value is -5.40. The average Bonchev–Trinajstić information content (AvgIpc) is 3.06. The van der Waals surface area contributed by atoms with E-state index in [4.69, 9.17) is 7.85 Å². The van der Waals surface area contributed by atoms with Gasteiger partial charge in [-0.25, -0.2) is 0 Å². The van der Waals surface area contributed by atoms with Gasteiger partial charge in [-0.3, -0.25) is 0 Å². The van der Waals surface area contributed by atoms with Crippen molar-refractivity contribution < 1.29 is 0 Å². The number of rotatable bonds is 2. The fourth-order valence-electron chi connectivity index (χ4n) is 7.30. The minimum absolute atomic E-state index is 0.767. The van der Waals surface area contributed by atoms with E-state index in [-0.39, 0.29) is 0 Å². The predicted molar refractivity (Wildman–Crippen MR) is 188 cm³/mol. The van der Waals surface area contributed by atoms with Gasteiger partial charge in [-0.15, -0.1) is 0 Å². The van der Waals surface area contributed by atoms with Crippen LogP contribution in [0.1, 0.15) is 0 Å². The van der Waals surface area contributed by atoms with E-state index in [2.05, 4.69) is 146 Å². The molecule has 2 radical (unpaired) electrons. The molecule has 0 heterocycles. The normalized spacial score (nSPS) is 11.8. The second kappa shape index (κ2) is 9.31. The van der Waals surface area contributed by atoms with Crippen LogP contribution in [0.2, 0.25) is 0 Å². The fraction of sp³-hybridized carbons (Fsp3) is 0. The van der Waals surface area contributed by atoms with Crippen molar-refractivity contribution in [2.45, 2.75) is 0 Å². The second-order valence-electron chi connectivity index (χ2n) is 11.5. The molecule has 0 fully saturated rings. The lowest BCUT2D eigenvalue weighted by Gasteiger charge is -2.21. The molecule has 1 heteroatoms. The maximum Gasteiger partial charge on any atom is 0.113 e. The lowest BCUT2D eigenvalue weighted by molar-refractivity contribution is 1.71. The zero-order chi connectivity index (χ0) is 28.5. The molecule has 0 unspecified atom stereocenters. The Labute approximate surface area is 251 Å². The van der Waals surface area contributed by atoms with Crippen LogP contribution >= 0.6 is 0 Å². The van der Waals surface area contributed by atoms with E-state index in [9.17, 15) is 0 Å². The molecular formula is C42H25B. The summed E-state index contributed by atoms with van der Waals surface area (Å²) in [6.45, 7) is 0. The first kappa shape index (κ1) is 24.2. The molecule has 9 aromatic rings. The molecule has 0 aliphatic rings. The molecule has 0 amide bonds. The van der Waals surface area contributed by atoms with Crippen LogP contribution in [0.5, 0.6) is 0 Å². The van der Waals surface area contributed by atoms with Gasteiger partial charge < -0.3 is 0 Å². The van der Waals surface area contributed by atoms with Crippen molar-refractivity contribution in [3.8, 4) is 22.3 Å². The van der Waals surface area contributed by atoms with E-state index in [0.717, 1.165) is 5.46 Å². The van der Waals surface area contributed by atoms with Gasteiger partial charge in [0.15, 0.2) is 0 Å². The highest BCUT2D eigenvalue weighted by Gasteiger charge is 2.20. The largest absolute Gasteiger partial charge is 0.113 e. The van der Waals surface area contributed by atoms with E-state index in [1.807, 2.05) is 6.07 Å². The van der Waals surface area contributed by atoms with Gasteiger partial charge in [-0.05, 0) is 99.0 Å². The first-order valence-corrected chi connectivity index (χ1v) is 14.8. The molecule has 0 aromatic heterocycles. The van der Waals surface area contributed by atoms with Crippen molar-refractivity contribution in [3.05, 3.63) is 152 Å². The molecule has 0 atom stereocenters. The molecule has 0 aliphatic heterocycles. The van der Waals surface area contributed by atoms with Crippen molar-refractivity contribution in [2.75, 3.05) is 0 Å². The molecule has 43 heavy (non-hydrogen) atoms. The maximum atomic E-state index is 6.57. The van der Waals surface area contributed by atoms with E-state index < -0.39 is 0 Å². The van der Waals surface area contributed by atoms with Crippen LogP contribution in [0.4, 0.5) is 0 Å². The standard InChI is InChI=1S/C42H25B/c43-28-21-22-37-40(25-28)42(39-24-27-12-2-4-14-30(27)32-16-6-8-18-34(32)39)36-20-10-9-19-35(36)41(37)38-23-26-11-1-3-13-29(26)31-15-5-7-17-33(31)38/h1-25H. The van der Waals surface area contributed by atoms with Gasteiger partial charge in [0.2, 0.25) is 0 Å². The summed E-state index contributed by atoms with van der Waals surface area (Å²) in [5.41, 5.74) is 5.73. The molecule has 0 saturated carbocycles. The Balaban J connectivity index is 1.51. The van der Waals surface area contributed by atoms with E-state index in [1.54, 1.807) is 0 Å². The Kier molecular flexibility index (Phi) is 5.24. The van der Waals surface area contributed by atoms with E-state index >= 15 is 0 Å². The molecule has 196 valence electrons. The van der Waals surface area contributed by atoms with Crippen LogP contribution < -0.4 is 5.46 Å². The van der Waals surface area contributed by atoms with E-state index in [1.165, 1.54) is 86.9 Å². The van der Waals surface area contributed by atoms with E-state index in [0.29, 0.717) is 0 Å². The minimum Gasteiger partial charge on any atom is -0.0960 e. The topological polar surface area (TPSA) is 0 Å². The van der Waals surface area contributed by atoms with Gasteiger partial charge in [0.25, 0.3) is 0 Å². The van der Waals surface area contributed by atoms with Crippen molar-refractivity contribution in [1.29, 1.82) is 0 Å². The zero-order valence-corrected chi connectivity index (χ0v) is 23.5. The van der Waals surface area contributed by atoms with Crippen molar-refractivity contribution in [3.63, 3.8) is 0 Å². The summed E-state index contributed by atoms with van der Waals surface area (Å²) >= 11 is 0. The second-order valence-corrected chi connectivity index (χ2v) is 11.5. The van der Waals surface area contributed by atoms with Crippen LogP contribution in [-0.2, 0) is 0 Å². The number of hydrogen-bond donors (Lipinski definition) is 0. The third kappa shape index (κ3) is 3.58. The number of hydrogen-bond acceptors (Lipinski definition) is 0. The van der Waals surface area contributed by atoms with Gasteiger partial charge >= 0.3 is 0 Å². The Morgan fingerprint density at radius 3 is 1.16 bits per heavy atom. The van der Waals surface area contributed by atoms with Crippen LogP contribution in [0, 0.1) is 0 Å². The Bertz CT molecular complexity index is 2570. The average molecular weight is 540 g/mol. The summed E-state index contributed by atoms with van der Waals surface area (Å²) in [5, 5.41) is 14.9. The van der Waals surface area contributed by atoms with Crippen molar-refractivity contribution in [1.82, 2.24) is 0 Å².